The van der Waals surface area contributed by atoms with Crippen LogP contribution in [0.4, 0.5) is 0 Å². The van der Waals surface area contributed by atoms with Crippen molar-refractivity contribution in [3.05, 3.63) is 40.8 Å². The molecule has 1 aliphatic heterocycles. The summed E-state index contributed by atoms with van der Waals surface area (Å²) in [6.07, 6.45) is -0.847. The van der Waals surface area contributed by atoms with E-state index < -0.39 is 16.0 Å². The summed E-state index contributed by atoms with van der Waals surface area (Å²) in [5.41, 5.74) is 8.12. The number of hydrogen-bond acceptors (Lipinski definition) is 4. The van der Waals surface area contributed by atoms with E-state index in [1.54, 1.807) is 18.2 Å². The first kappa shape index (κ1) is 9.70. The minimum Gasteiger partial charge on any atom is -0.259 e. The van der Waals surface area contributed by atoms with Gasteiger partial charge in [-0.2, -0.15) is 0 Å². The number of nitrogens with zero attached hydrogens (tertiary/aromatic N) is 4. The van der Waals surface area contributed by atoms with E-state index in [0.29, 0.717) is 0 Å². The van der Waals surface area contributed by atoms with Gasteiger partial charge in [0.15, 0.2) is 11.2 Å². The average molecular weight is 222 g/mol. The van der Waals surface area contributed by atoms with Crippen molar-refractivity contribution in [1.82, 2.24) is 0 Å². The normalized spacial score (nSPS) is 18.9. The number of benzene rings is 1. The van der Waals surface area contributed by atoms with Gasteiger partial charge in [0.25, 0.3) is 0 Å². The lowest BCUT2D eigenvalue weighted by Crippen LogP contribution is -2.10. The smallest absolute Gasteiger partial charge is 0.221 e. The van der Waals surface area contributed by atoms with E-state index in [4.69, 9.17) is 5.53 Å². The Labute approximate surface area is 85.8 Å². The molecule has 0 spiro atoms. The van der Waals surface area contributed by atoms with Crippen molar-refractivity contribution in [1.29, 1.82) is 0 Å². The largest absolute Gasteiger partial charge is 0.259 e. The average Bonchev–Trinajstić information content (AvgIpc) is 3.00. The predicted molar refractivity (Wildman–Crippen MR) is 54.0 cm³/mol. The number of sulfone groups is 1. The van der Waals surface area contributed by atoms with Crippen molar-refractivity contribution >= 4 is 14.9 Å². The van der Waals surface area contributed by atoms with Crippen LogP contribution in [0.25, 0.3) is 10.4 Å². The minimum absolute atomic E-state index is 0.0634. The van der Waals surface area contributed by atoms with E-state index in [9.17, 15) is 8.42 Å². The Morgan fingerprint density at radius 1 is 1.33 bits per heavy atom. The Kier molecular flexibility index (Phi) is 2.18. The monoisotopic (exact) mass is 222 g/mol. The maximum Gasteiger partial charge on any atom is 0.221 e. The maximum absolute atomic E-state index is 11.8. The summed E-state index contributed by atoms with van der Waals surface area (Å²) in [6, 6.07) is 7.92. The summed E-state index contributed by atoms with van der Waals surface area (Å²) >= 11 is 0. The molecule has 1 atom stereocenters. The molecule has 1 unspecified atom stereocenters. The predicted octanol–water partition coefficient (Wildman–Crippen LogP) is 1.51. The van der Waals surface area contributed by atoms with Crippen LogP contribution < -0.4 is 0 Å². The second-order valence-electron chi connectivity index (χ2n) is 2.86. The zero-order chi connectivity index (χ0) is 10.9. The minimum atomic E-state index is -3.55. The third-order valence-electron chi connectivity index (χ3n) is 1.89. The van der Waals surface area contributed by atoms with Crippen LogP contribution in [0.1, 0.15) is 0 Å². The quantitative estimate of drug-likeness (QED) is 0.430. The molecule has 0 radical (unpaired) electrons. The summed E-state index contributed by atoms with van der Waals surface area (Å²) in [7, 11) is -3.55. The third-order valence-corrected chi connectivity index (χ3v) is 3.65. The second kappa shape index (κ2) is 3.38. The van der Waals surface area contributed by atoms with E-state index in [-0.39, 0.29) is 9.94 Å². The van der Waals surface area contributed by atoms with Crippen LogP contribution in [0.15, 0.2) is 45.3 Å². The Bertz CT molecular complexity index is 558. The number of rotatable bonds is 2. The highest BCUT2D eigenvalue weighted by Crippen LogP contribution is 2.24. The van der Waals surface area contributed by atoms with Crippen molar-refractivity contribution in [3.63, 3.8) is 0 Å². The molecular formula is C8H6N4O2S. The van der Waals surface area contributed by atoms with Crippen molar-refractivity contribution < 1.29 is 8.42 Å². The number of aliphatic imine (C=N–C) groups is 1. The molecule has 6 nitrogen and oxygen atoms in total. The van der Waals surface area contributed by atoms with Crippen LogP contribution in [-0.4, -0.2) is 19.6 Å². The van der Waals surface area contributed by atoms with Crippen LogP contribution in [0.2, 0.25) is 0 Å². The SMILES string of the molecule is [N-]=[N+]=NC1N=C1S(=O)(=O)c1ccccc1. The fourth-order valence-electron chi connectivity index (χ4n) is 1.14. The first-order valence-corrected chi connectivity index (χ1v) is 5.56. The summed E-state index contributed by atoms with van der Waals surface area (Å²) in [6.45, 7) is 0. The molecule has 1 aromatic rings. The summed E-state index contributed by atoms with van der Waals surface area (Å²) in [5, 5.41) is 3.14. The molecule has 15 heavy (non-hydrogen) atoms. The first-order chi connectivity index (χ1) is 7.16. The zero-order valence-electron chi connectivity index (χ0n) is 7.48. The van der Waals surface area contributed by atoms with Crippen molar-refractivity contribution in [2.75, 3.05) is 0 Å². The van der Waals surface area contributed by atoms with Gasteiger partial charge in [-0.15, -0.1) is 0 Å². The molecule has 2 rings (SSSR count). The molecule has 0 saturated heterocycles. The van der Waals surface area contributed by atoms with Gasteiger partial charge in [0, 0.05) is 4.91 Å². The van der Waals surface area contributed by atoms with Crippen LogP contribution >= 0.6 is 0 Å². The molecule has 7 heteroatoms. The molecule has 1 aliphatic rings. The topological polar surface area (TPSA) is 95.3 Å². The summed E-state index contributed by atoms with van der Waals surface area (Å²) in [4.78, 5) is 6.27. The van der Waals surface area contributed by atoms with Gasteiger partial charge in [0.1, 0.15) is 0 Å². The lowest BCUT2D eigenvalue weighted by Gasteiger charge is -1.97. The van der Waals surface area contributed by atoms with Crippen molar-refractivity contribution in [2.45, 2.75) is 11.1 Å². The van der Waals surface area contributed by atoms with E-state index in [1.165, 1.54) is 12.1 Å². The highest BCUT2D eigenvalue weighted by atomic mass is 32.2. The number of azide groups is 1. The molecule has 76 valence electrons. The molecule has 0 saturated carbocycles. The summed E-state index contributed by atoms with van der Waals surface area (Å²) < 4.78 is 23.5. The zero-order valence-corrected chi connectivity index (χ0v) is 8.29. The molecule has 0 N–H and O–H groups in total. The molecule has 1 aromatic carbocycles. The Hall–Kier alpha value is -1.85. The molecule has 0 aliphatic carbocycles. The van der Waals surface area contributed by atoms with E-state index in [2.05, 4.69) is 15.0 Å². The molecule has 0 aromatic heterocycles. The highest BCUT2D eigenvalue weighted by molar-refractivity contribution is 8.07. The van der Waals surface area contributed by atoms with Gasteiger partial charge in [0.2, 0.25) is 9.84 Å². The van der Waals surface area contributed by atoms with Gasteiger partial charge in [-0.1, -0.05) is 23.3 Å². The Morgan fingerprint density at radius 3 is 2.60 bits per heavy atom. The van der Waals surface area contributed by atoms with Gasteiger partial charge < -0.3 is 0 Å². The van der Waals surface area contributed by atoms with Gasteiger partial charge in [-0.25, -0.2) is 8.42 Å². The van der Waals surface area contributed by atoms with Crippen LogP contribution in [-0.2, 0) is 9.84 Å². The Balaban J connectivity index is 2.32. The van der Waals surface area contributed by atoms with Crippen LogP contribution in [0, 0.1) is 0 Å². The highest BCUT2D eigenvalue weighted by Gasteiger charge is 2.39. The van der Waals surface area contributed by atoms with Crippen molar-refractivity contribution in [2.24, 2.45) is 10.1 Å². The molecule has 1 heterocycles. The van der Waals surface area contributed by atoms with Crippen LogP contribution in [0.3, 0.4) is 0 Å². The lowest BCUT2D eigenvalue weighted by atomic mass is 10.4. The molecule has 0 fully saturated rings. The van der Waals surface area contributed by atoms with Gasteiger partial charge in [-0.3, -0.25) is 4.99 Å². The molecule has 0 bridgehead atoms. The van der Waals surface area contributed by atoms with Crippen molar-refractivity contribution in [3.8, 4) is 0 Å². The second-order valence-corrected chi connectivity index (χ2v) is 4.76. The number of hydrogen-bond donors (Lipinski definition) is 0. The standard InChI is InChI=1S/C8H6N4O2S/c9-12-11-7-8(10-7)15(13,14)6-4-2-1-3-5-6/h1-5,7H. The van der Waals surface area contributed by atoms with E-state index >= 15 is 0 Å². The first-order valence-electron chi connectivity index (χ1n) is 4.08. The summed E-state index contributed by atoms with van der Waals surface area (Å²) in [5.74, 6) is 0. The van der Waals surface area contributed by atoms with E-state index in [1.807, 2.05) is 0 Å². The molecular weight excluding hydrogens is 216 g/mol. The van der Waals surface area contributed by atoms with E-state index in [0.717, 1.165) is 0 Å². The van der Waals surface area contributed by atoms with Gasteiger partial charge in [0.05, 0.1) is 4.90 Å². The third kappa shape index (κ3) is 1.70. The molecule has 0 amide bonds. The fraction of sp³-hybridized carbons (Fsp3) is 0.125. The maximum atomic E-state index is 11.8. The van der Waals surface area contributed by atoms with Crippen LogP contribution in [0.5, 0.6) is 0 Å². The van der Waals surface area contributed by atoms with Gasteiger partial charge >= 0.3 is 0 Å². The Morgan fingerprint density at radius 2 is 2.00 bits per heavy atom. The lowest BCUT2D eigenvalue weighted by molar-refractivity contribution is 0.607. The fourth-order valence-corrected chi connectivity index (χ4v) is 2.46. The van der Waals surface area contributed by atoms with Gasteiger partial charge in [-0.05, 0) is 17.7 Å².